The third-order valence-electron chi connectivity index (χ3n) is 6.48. The zero-order chi connectivity index (χ0) is 28.6. The van der Waals surface area contributed by atoms with Crippen molar-refractivity contribution < 1.29 is 19.0 Å². The molecule has 2 N–H and O–H groups in total. The summed E-state index contributed by atoms with van der Waals surface area (Å²) in [6, 6.07) is 5.53. The van der Waals surface area contributed by atoms with Crippen LogP contribution in [0.4, 0.5) is 17.3 Å². The van der Waals surface area contributed by atoms with E-state index in [4.69, 9.17) is 14.2 Å². The molecule has 4 aromatic rings. The second-order valence-corrected chi connectivity index (χ2v) is 10.8. The van der Waals surface area contributed by atoms with E-state index in [9.17, 15) is 4.79 Å². The molecule has 10 nitrogen and oxygen atoms in total. The lowest BCUT2D eigenvalue weighted by Gasteiger charge is -2.17. The summed E-state index contributed by atoms with van der Waals surface area (Å²) in [6.45, 7) is 9.96. The average molecular weight is 677 g/mol. The maximum Gasteiger partial charge on any atom is 0.258 e. The van der Waals surface area contributed by atoms with Crippen LogP contribution in [0, 0.1) is 10.5 Å². The van der Waals surface area contributed by atoms with Crippen molar-refractivity contribution >= 4 is 67.4 Å². The Bertz CT molecular complexity index is 1430. The van der Waals surface area contributed by atoms with Crippen LogP contribution >= 0.6 is 33.9 Å². The number of methoxy groups -OCH3 is 2. The fourth-order valence-corrected chi connectivity index (χ4v) is 6.03. The Hall–Kier alpha value is -3.23. The Labute approximate surface area is 251 Å². The quantitative estimate of drug-likeness (QED) is 0.128. The van der Waals surface area contributed by atoms with Gasteiger partial charge >= 0.3 is 0 Å². The molecule has 40 heavy (non-hydrogen) atoms. The molecule has 0 atom stereocenters. The number of benzene rings is 1. The molecule has 1 aromatic carbocycles. The van der Waals surface area contributed by atoms with Gasteiger partial charge in [-0.25, -0.2) is 15.0 Å². The predicted octanol–water partition coefficient (Wildman–Crippen LogP) is 6.12. The number of halogens is 1. The highest BCUT2D eigenvalue weighted by atomic mass is 127. The Morgan fingerprint density at radius 1 is 1.10 bits per heavy atom. The van der Waals surface area contributed by atoms with E-state index in [-0.39, 0.29) is 5.91 Å². The van der Waals surface area contributed by atoms with E-state index in [0.717, 1.165) is 39.9 Å². The molecule has 0 bridgehead atoms. The number of nitrogens with zero attached hydrogens (tertiary/aromatic N) is 4. The van der Waals surface area contributed by atoms with E-state index < -0.39 is 0 Å². The van der Waals surface area contributed by atoms with Gasteiger partial charge in [0.05, 0.1) is 52.1 Å². The van der Waals surface area contributed by atoms with Gasteiger partial charge in [-0.15, -0.1) is 11.3 Å². The molecule has 0 spiro atoms. The van der Waals surface area contributed by atoms with E-state index in [1.54, 1.807) is 31.9 Å². The smallest absolute Gasteiger partial charge is 0.258 e. The lowest BCUT2D eigenvalue weighted by atomic mass is 10.1. The number of fused-ring (bicyclic) bond motifs is 1. The number of carbonyl (C=O) groups excluding carboxylic acids is 1. The van der Waals surface area contributed by atoms with Crippen LogP contribution in [0.2, 0.25) is 0 Å². The number of amides is 1. The monoisotopic (exact) mass is 676 g/mol. The molecule has 0 radical (unpaired) electrons. The van der Waals surface area contributed by atoms with E-state index in [0.29, 0.717) is 52.3 Å². The molecule has 0 aliphatic carbocycles. The van der Waals surface area contributed by atoms with E-state index >= 15 is 0 Å². The second-order valence-electron chi connectivity index (χ2n) is 8.83. The van der Waals surface area contributed by atoms with Crippen molar-refractivity contribution in [1.82, 2.24) is 19.9 Å². The molecular formula is C28H33IN6O4S. The molecule has 3 heterocycles. The minimum absolute atomic E-state index is 0.284. The van der Waals surface area contributed by atoms with E-state index in [1.165, 1.54) is 17.7 Å². The largest absolute Gasteiger partial charge is 0.496 e. The minimum atomic E-state index is -0.284. The van der Waals surface area contributed by atoms with Crippen molar-refractivity contribution in [2.24, 2.45) is 0 Å². The van der Waals surface area contributed by atoms with Crippen LogP contribution in [-0.2, 0) is 0 Å². The number of thiophene rings is 1. The highest BCUT2D eigenvalue weighted by Gasteiger charge is 2.21. The molecule has 0 aliphatic heterocycles. The molecule has 212 valence electrons. The van der Waals surface area contributed by atoms with E-state index in [2.05, 4.69) is 66.9 Å². The first-order valence-electron chi connectivity index (χ1n) is 12.9. The maximum atomic E-state index is 13.4. The Morgan fingerprint density at radius 2 is 1.88 bits per heavy atom. The first-order chi connectivity index (χ1) is 19.4. The second kappa shape index (κ2) is 13.9. The summed E-state index contributed by atoms with van der Waals surface area (Å²) in [7, 11) is 3.17. The predicted molar refractivity (Wildman–Crippen MR) is 168 cm³/mol. The SMILES string of the molecule is CCN(CC)CCCOc1ccc(Nc2ncnc3c(C(=O)Nc4c(C)c(OC)cc(OC)c4I)csc23)nc1. The average Bonchev–Trinajstić information content (AvgIpc) is 3.42. The number of anilines is 3. The third-order valence-corrected chi connectivity index (χ3v) is 8.53. The van der Waals surface area contributed by atoms with Crippen LogP contribution in [0.25, 0.3) is 10.2 Å². The Balaban J connectivity index is 1.47. The molecule has 12 heteroatoms. The number of rotatable bonds is 13. The van der Waals surface area contributed by atoms with Crippen molar-refractivity contribution in [2.45, 2.75) is 27.2 Å². The zero-order valence-electron chi connectivity index (χ0n) is 23.2. The topological polar surface area (TPSA) is 111 Å². The molecule has 0 unspecified atom stereocenters. The Morgan fingerprint density at radius 3 is 2.55 bits per heavy atom. The molecular weight excluding hydrogens is 643 g/mol. The van der Waals surface area contributed by atoms with Crippen molar-refractivity contribution in [1.29, 1.82) is 0 Å². The summed E-state index contributed by atoms with van der Waals surface area (Å²) in [5, 5.41) is 8.04. The molecule has 0 aliphatic rings. The van der Waals surface area contributed by atoms with Gasteiger partial charge in [0.1, 0.15) is 29.4 Å². The number of hydrogen-bond acceptors (Lipinski definition) is 10. The number of ether oxygens (including phenoxy) is 3. The van der Waals surface area contributed by atoms with Gasteiger partial charge in [-0.05, 0) is 61.2 Å². The van der Waals surface area contributed by atoms with Gasteiger partial charge in [0.15, 0.2) is 5.82 Å². The van der Waals surface area contributed by atoms with Gasteiger partial charge in [-0.3, -0.25) is 4.79 Å². The van der Waals surface area contributed by atoms with Gasteiger partial charge in [0.25, 0.3) is 5.91 Å². The number of hydrogen-bond donors (Lipinski definition) is 2. The highest BCUT2D eigenvalue weighted by molar-refractivity contribution is 14.1. The number of carbonyl (C=O) groups is 1. The van der Waals surface area contributed by atoms with Gasteiger partial charge < -0.3 is 29.7 Å². The molecule has 1 amide bonds. The van der Waals surface area contributed by atoms with Crippen LogP contribution in [0.5, 0.6) is 17.2 Å². The fraction of sp³-hybridized carbons (Fsp3) is 0.357. The van der Waals surface area contributed by atoms with Crippen molar-refractivity contribution in [3.05, 3.63) is 50.8 Å². The van der Waals surface area contributed by atoms with Crippen LogP contribution in [0.3, 0.4) is 0 Å². The molecule has 0 fully saturated rings. The summed E-state index contributed by atoms with van der Waals surface area (Å²) < 4.78 is 18.3. The third kappa shape index (κ3) is 6.73. The summed E-state index contributed by atoms with van der Waals surface area (Å²) in [4.78, 5) is 29.0. The van der Waals surface area contributed by atoms with Gasteiger partial charge in [0, 0.05) is 23.6 Å². The first-order valence-corrected chi connectivity index (χ1v) is 14.9. The maximum absolute atomic E-state index is 13.4. The van der Waals surface area contributed by atoms with Crippen LogP contribution in [0.1, 0.15) is 36.2 Å². The summed E-state index contributed by atoms with van der Waals surface area (Å²) >= 11 is 3.55. The molecule has 0 saturated heterocycles. The lowest BCUT2D eigenvalue weighted by molar-refractivity contribution is 0.102. The normalized spacial score (nSPS) is 11.1. The van der Waals surface area contributed by atoms with Crippen molar-refractivity contribution in [3.63, 3.8) is 0 Å². The Kier molecular flexibility index (Phi) is 10.3. The molecule has 0 saturated carbocycles. The summed E-state index contributed by atoms with van der Waals surface area (Å²) in [5.41, 5.74) is 2.44. The van der Waals surface area contributed by atoms with Gasteiger partial charge in [0.2, 0.25) is 0 Å². The highest BCUT2D eigenvalue weighted by Crippen LogP contribution is 2.39. The molecule has 4 rings (SSSR count). The number of aromatic nitrogens is 3. The van der Waals surface area contributed by atoms with E-state index in [1.807, 2.05) is 19.1 Å². The summed E-state index contributed by atoms with van der Waals surface area (Å²) in [6.07, 6.45) is 4.09. The van der Waals surface area contributed by atoms with Crippen LogP contribution < -0.4 is 24.8 Å². The minimum Gasteiger partial charge on any atom is -0.496 e. The fourth-order valence-electron chi connectivity index (χ4n) is 4.17. The van der Waals surface area contributed by atoms with Crippen molar-refractivity contribution in [2.75, 3.05) is 51.1 Å². The lowest BCUT2D eigenvalue weighted by Crippen LogP contribution is -2.25. The van der Waals surface area contributed by atoms with Gasteiger partial charge in [-0.2, -0.15) is 0 Å². The zero-order valence-corrected chi connectivity index (χ0v) is 26.2. The summed E-state index contributed by atoms with van der Waals surface area (Å²) in [5.74, 6) is 2.86. The van der Waals surface area contributed by atoms with Gasteiger partial charge in [-0.1, -0.05) is 13.8 Å². The standard InChI is InChI=1S/C28H33IN6O4S/c1-6-35(7-2)11-8-12-39-18-9-10-22(30-14-18)33-27-26-25(31-16-32-27)19(15-40-26)28(36)34-24-17(3)20(37-4)13-21(38-5)23(24)29/h9-10,13-16H,6-8,11-12H2,1-5H3,(H,34,36)(H,30,31,32,33). The number of nitrogens with one attached hydrogen (secondary N) is 2. The van der Waals surface area contributed by atoms with Crippen molar-refractivity contribution in [3.8, 4) is 17.2 Å². The van der Waals surface area contributed by atoms with Crippen LogP contribution in [0.15, 0.2) is 36.1 Å². The first kappa shape index (κ1) is 29.7. The van der Waals surface area contributed by atoms with Crippen LogP contribution in [-0.4, -0.2) is 66.2 Å². The number of pyridine rings is 1. The molecule has 3 aromatic heterocycles.